The van der Waals surface area contributed by atoms with Gasteiger partial charge in [0.05, 0.1) is 11.6 Å². The number of nitrogens with zero attached hydrogens (tertiary/aromatic N) is 1. The van der Waals surface area contributed by atoms with Crippen molar-refractivity contribution in [1.82, 2.24) is 10.2 Å². The van der Waals surface area contributed by atoms with E-state index in [4.69, 9.17) is 0 Å². The van der Waals surface area contributed by atoms with Crippen LogP contribution in [0.5, 0.6) is 0 Å². The molecule has 6 nitrogen and oxygen atoms in total. The third kappa shape index (κ3) is 4.00. The maximum absolute atomic E-state index is 12.6. The van der Waals surface area contributed by atoms with Crippen molar-refractivity contribution in [3.8, 4) is 0 Å². The van der Waals surface area contributed by atoms with Crippen molar-refractivity contribution < 1.29 is 19.2 Å². The van der Waals surface area contributed by atoms with Crippen LogP contribution in [0.4, 0.5) is 0 Å². The van der Waals surface area contributed by atoms with Crippen LogP contribution in [0.25, 0.3) is 0 Å². The van der Waals surface area contributed by atoms with Crippen LogP contribution in [0.1, 0.15) is 39.1 Å². The Bertz CT molecular complexity index is 584. The molecule has 0 bridgehead atoms. The topological polar surface area (TPSA) is 83.6 Å². The van der Waals surface area contributed by atoms with Crippen molar-refractivity contribution >= 4 is 24.4 Å². The molecule has 22 heavy (non-hydrogen) atoms. The highest BCUT2D eigenvalue weighted by Gasteiger charge is 2.24. The second-order valence-electron chi connectivity index (χ2n) is 4.99. The van der Waals surface area contributed by atoms with Crippen LogP contribution in [-0.2, 0) is 9.59 Å². The maximum Gasteiger partial charge on any atom is 0.255 e. The summed E-state index contributed by atoms with van der Waals surface area (Å²) < 4.78 is 0. The number of hydrogen-bond acceptors (Lipinski definition) is 4. The number of carbonyl (C=O) groups excluding carboxylic acids is 4. The van der Waals surface area contributed by atoms with Crippen LogP contribution < -0.4 is 5.32 Å². The molecule has 0 radical (unpaired) electrons. The van der Waals surface area contributed by atoms with Crippen molar-refractivity contribution in [3.05, 3.63) is 34.9 Å². The molecule has 0 fully saturated rings. The van der Waals surface area contributed by atoms with E-state index < -0.39 is 11.9 Å². The summed E-state index contributed by atoms with van der Waals surface area (Å²) in [5, 5.41) is 2.47. The molecule has 1 unspecified atom stereocenters. The van der Waals surface area contributed by atoms with E-state index in [1.54, 1.807) is 25.1 Å². The van der Waals surface area contributed by atoms with Crippen molar-refractivity contribution in [2.45, 2.75) is 25.8 Å². The monoisotopic (exact) mass is 304 g/mol. The lowest BCUT2D eigenvalue weighted by atomic mass is 10.0. The van der Waals surface area contributed by atoms with Gasteiger partial charge in [-0.2, -0.15) is 0 Å². The van der Waals surface area contributed by atoms with Gasteiger partial charge in [-0.3, -0.25) is 14.4 Å². The van der Waals surface area contributed by atoms with Gasteiger partial charge >= 0.3 is 0 Å². The lowest BCUT2D eigenvalue weighted by Crippen LogP contribution is -2.39. The van der Waals surface area contributed by atoms with Crippen molar-refractivity contribution in [2.75, 3.05) is 14.1 Å². The molecule has 118 valence electrons. The van der Waals surface area contributed by atoms with Gasteiger partial charge in [-0.15, -0.1) is 0 Å². The molecule has 2 amide bonds. The van der Waals surface area contributed by atoms with E-state index >= 15 is 0 Å². The molecule has 1 aromatic rings. The van der Waals surface area contributed by atoms with Crippen LogP contribution >= 0.6 is 0 Å². The average molecular weight is 304 g/mol. The predicted octanol–water partition coefficient (Wildman–Crippen LogP) is 0.973. The van der Waals surface area contributed by atoms with E-state index in [0.29, 0.717) is 18.1 Å². The molecule has 0 saturated carbocycles. The van der Waals surface area contributed by atoms with E-state index in [-0.39, 0.29) is 29.9 Å². The third-order valence-corrected chi connectivity index (χ3v) is 3.57. The summed E-state index contributed by atoms with van der Waals surface area (Å²) in [6, 6.07) is 4.26. The fourth-order valence-electron chi connectivity index (χ4n) is 2.16. The summed E-state index contributed by atoms with van der Waals surface area (Å²) in [5.74, 6) is -0.605. The van der Waals surface area contributed by atoms with Gasteiger partial charge in [-0.25, -0.2) is 0 Å². The van der Waals surface area contributed by atoms with Crippen LogP contribution in [0.15, 0.2) is 18.2 Å². The van der Waals surface area contributed by atoms with Gasteiger partial charge in [0.15, 0.2) is 6.29 Å². The predicted molar refractivity (Wildman–Crippen MR) is 81.8 cm³/mol. The standard InChI is InChI=1S/C16H20N2O4/c1-11-5-4-6-12(9-19)15(11)16(22)18(3)13(10-20)7-8-14(21)17-2/h4-6,9-10,13H,7-8H2,1-3H3,(H,17,21). The zero-order valence-electron chi connectivity index (χ0n) is 13.0. The van der Waals surface area contributed by atoms with Crippen molar-refractivity contribution in [2.24, 2.45) is 0 Å². The van der Waals surface area contributed by atoms with Gasteiger partial charge in [0, 0.05) is 26.1 Å². The quantitative estimate of drug-likeness (QED) is 0.761. The Hall–Kier alpha value is -2.50. The summed E-state index contributed by atoms with van der Waals surface area (Å²) in [7, 11) is 3.00. The Labute approximate surface area is 129 Å². The van der Waals surface area contributed by atoms with Crippen LogP contribution in [0.2, 0.25) is 0 Å². The summed E-state index contributed by atoms with van der Waals surface area (Å²) >= 11 is 0. The van der Waals surface area contributed by atoms with Crippen molar-refractivity contribution in [3.63, 3.8) is 0 Å². The highest BCUT2D eigenvalue weighted by atomic mass is 16.2. The Morgan fingerprint density at radius 1 is 1.32 bits per heavy atom. The minimum Gasteiger partial charge on any atom is -0.359 e. The van der Waals surface area contributed by atoms with Crippen LogP contribution in [-0.4, -0.2) is 49.4 Å². The molecule has 0 heterocycles. The highest BCUT2D eigenvalue weighted by molar-refractivity contribution is 6.03. The fourth-order valence-corrected chi connectivity index (χ4v) is 2.16. The van der Waals surface area contributed by atoms with Crippen LogP contribution in [0.3, 0.4) is 0 Å². The van der Waals surface area contributed by atoms with Gasteiger partial charge in [-0.05, 0) is 18.9 Å². The van der Waals surface area contributed by atoms with Gasteiger partial charge in [-0.1, -0.05) is 18.2 Å². The first-order chi connectivity index (χ1) is 10.5. The first-order valence-corrected chi connectivity index (χ1v) is 6.94. The molecule has 0 spiro atoms. The number of hydrogen-bond donors (Lipinski definition) is 1. The van der Waals surface area contributed by atoms with E-state index in [0.717, 1.165) is 0 Å². The molecular formula is C16H20N2O4. The number of nitrogens with one attached hydrogen (secondary N) is 1. The lowest BCUT2D eigenvalue weighted by Gasteiger charge is -2.25. The zero-order valence-corrected chi connectivity index (χ0v) is 13.0. The molecule has 1 atom stereocenters. The second kappa shape index (κ2) is 8.07. The number of aldehydes is 2. The number of aryl methyl sites for hydroxylation is 1. The van der Waals surface area contributed by atoms with E-state index in [9.17, 15) is 19.2 Å². The number of benzene rings is 1. The van der Waals surface area contributed by atoms with Gasteiger partial charge in [0.1, 0.15) is 6.29 Å². The molecule has 1 rings (SSSR count). The second-order valence-corrected chi connectivity index (χ2v) is 4.99. The Morgan fingerprint density at radius 3 is 2.55 bits per heavy atom. The summed E-state index contributed by atoms with van der Waals surface area (Å²) in [6.45, 7) is 1.73. The third-order valence-electron chi connectivity index (χ3n) is 3.57. The molecule has 1 aromatic carbocycles. The summed E-state index contributed by atoms with van der Waals surface area (Å²) in [6.07, 6.45) is 1.63. The number of rotatable bonds is 7. The van der Waals surface area contributed by atoms with Gasteiger partial charge in [0.25, 0.3) is 5.91 Å². The molecular weight excluding hydrogens is 284 g/mol. The molecule has 6 heteroatoms. The lowest BCUT2D eigenvalue weighted by molar-refractivity contribution is -0.121. The molecule has 0 aliphatic rings. The zero-order chi connectivity index (χ0) is 16.7. The molecule has 0 aromatic heterocycles. The Balaban J connectivity index is 2.98. The normalized spacial score (nSPS) is 11.4. The maximum atomic E-state index is 12.6. The minimum absolute atomic E-state index is 0.145. The van der Waals surface area contributed by atoms with Gasteiger partial charge in [0.2, 0.25) is 5.91 Å². The van der Waals surface area contributed by atoms with Crippen molar-refractivity contribution in [1.29, 1.82) is 0 Å². The highest BCUT2D eigenvalue weighted by Crippen LogP contribution is 2.17. The number of likely N-dealkylation sites (N-methyl/N-ethyl adjacent to an activating group) is 1. The molecule has 0 aliphatic heterocycles. The molecule has 1 N–H and O–H groups in total. The largest absolute Gasteiger partial charge is 0.359 e. The van der Waals surface area contributed by atoms with Gasteiger partial charge < -0.3 is 15.0 Å². The molecule has 0 aliphatic carbocycles. The van der Waals surface area contributed by atoms with E-state index in [2.05, 4.69) is 5.32 Å². The Morgan fingerprint density at radius 2 is 2.00 bits per heavy atom. The minimum atomic E-state index is -0.719. The first kappa shape index (κ1) is 17.6. The summed E-state index contributed by atoms with van der Waals surface area (Å²) in [5.41, 5.74) is 1.23. The molecule has 0 saturated heterocycles. The first-order valence-electron chi connectivity index (χ1n) is 6.94. The summed E-state index contributed by atoms with van der Waals surface area (Å²) in [4.78, 5) is 47.4. The van der Waals surface area contributed by atoms with E-state index in [1.165, 1.54) is 19.0 Å². The Kier molecular flexibility index (Phi) is 6.44. The van der Waals surface area contributed by atoms with Crippen LogP contribution in [0, 0.1) is 6.92 Å². The average Bonchev–Trinajstić information content (AvgIpc) is 2.53. The smallest absolute Gasteiger partial charge is 0.255 e. The SMILES string of the molecule is CNC(=O)CCC(C=O)N(C)C(=O)c1c(C)cccc1C=O. The number of amides is 2. The number of carbonyl (C=O) groups is 4. The van der Waals surface area contributed by atoms with E-state index in [1.807, 2.05) is 0 Å². The fraction of sp³-hybridized carbons (Fsp3) is 0.375.